The quantitative estimate of drug-likeness (QED) is 0.240. The third-order valence-corrected chi connectivity index (χ3v) is 4.74. The van der Waals surface area contributed by atoms with Crippen LogP contribution in [0.2, 0.25) is 0 Å². The Bertz CT molecular complexity index is 1130. The molecule has 7 nitrogen and oxygen atoms in total. The molecule has 8 heteroatoms. The Hall–Kier alpha value is -3.26. The van der Waals surface area contributed by atoms with Crippen molar-refractivity contribution in [1.82, 2.24) is 9.38 Å². The maximum atomic E-state index is 11.1. The SMILES string of the molecule is CC(=O)Oc1ccc2sc3nc(-c4ccc([N+](=O)[O-])cc4)cn3c2c1. The number of nitro groups is 1. The van der Waals surface area contributed by atoms with E-state index in [1.54, 1.807) is 24.3 Å². The van der Waals surface area contributed by atoms with E-state index in [0.717, 1.165) is 26.4 Å². The minimum atomic E-state index is -0.431. The highest BCUT2D eigenvalue weighted by Crippen LogP contribution is 2.32. The number of rotatable bonds is 3. The second-order valence-corrected chi connectivity index (χ2v) is 6.42. The van der Waals surface area contributed by atoms with Crippen molar-refractivity contribution in [2.24, 2.45) is 0 Å². The van der Waals surface area contributed by atoms with Crippen molar-refractivity contribution in [2.45, 2.75) is 6.92 Å². The van der Waals surface area contributed by atoms with Gasteiger partial charge in [0.2, 0.25) is 0 Å². The zero-order chi connectivity index (χ0) is 17.6. The molecule has 0 saturated heterocycles. The molecule has 2 heterocycles. The normalized spacial score (nSPS) is 11.1. The van der Waals surface area contributed by atoms with Crippen LogP contribution in [-0.4, -0.2) is 20.3 Å². The monoisotopic (exact) mass is 353 g/mol. The number of fused-ring (bicyclic) bond motifs is 3. The topological polar surface area (TPSA) is 86.7 Å². The zero-order valence-corrected chi connectivity index (χ0v) is 13.8. The fourth-order valence-corrected chi connectivity index (χ4v) is 3.59. The molecule has 4 aromatic rings. The Morgan fingerprint density at radius 3 is 2.68 bits per heavy atom. The summed E-state index contributed by atoms with van der Waals surface area (Å²) in [6.45, 7) is 1.36. The van der Waals surface area contributed by atoms with Gasteiger partial charge in [0, 0.05) is 36.9 Å². The first kappa shape index (κ1) is 15.3. The lowest BCUT2D eigenvalue weighted by Crippen LogP contribution is -2.00. The van der Waals surface area contributed by atoms with Crippen molar-refractivity contribution in [1.29, 1.82) is 0 Å². The van der Waals surface area contributed by atoms with Crippen molar-refractivity contribution >= 4 is 38.2 Å². The lowest BCUT2D eigenvalue weighted by molar-refractivity contribution is -0.384. The van der Waals surface area contributed by atoms with Crippen molar-refractivity contribution in [3.8, 4) is 17.0 Å². The van der Waals surface area contributed by atoms with Crippen LogP contribution in [0.1, 0.15) is 6.92 Å². The molecule has 0 aliphatic heterocycles. The Morgan fingerprint density at radius 1 is 1.24 bits per heavy atom. The molecule has 0 fully saturated rings. The van der Waals surface area contributed by atoms with Gasteiger partial charge in [-0.15, -0.1) is 0 Å². The van der Waals surface area contributed by atoms with Crippen LogP contribution in [0.5, 0.6) is 5.75 Å². The van der Waals surface area contributed by atoms with Crippen molar-refractivity contribution in [2.75, 3.05) is 0 Å². The number of ether oxygens (including phenoxy) is 1. The summed E-state index contributed by atoms with van der Waals surface area (Å²) in [5, 5.41) is 10.8. The molecule has 0 amide bonds. The van der Waals surface area contributed by atoms with Crippen molar-refractivity contribution in [3.05, 3.63) is 58.8 Å². The lowest BCUT2D eigenvalue weighted by Gasteiger charge is -2.00. The molecule has 0 aliphatic carbocycles. The molecular formula is C17H11N3O4S. The van der Waals surface area contributed by atoms with Crippen LogP contribution in [-0.2, 0) is 4.79 Å². The highest BCUT2D eigenvalue weighted by atomic mass is 32.1. The van der Waals surface area contributed by atoms with E-state index < -0.39 is 4.92 Å². The van der Waals surface area contributed by atoms with Gasteiger partial charge in [0.1, 0.15) is 5.75 Å². The predicted octanol–water partition coefficient (Wildman–Crippen LogP) is 4.05. The summed E-state index contributed by atoms with van der Waals surface area (Å²) in [5.41, 5.74) is 2.45. The van der Waals surface area contributed by atoms with Crippen LogP contribution in [0, 0.1) is 10.1 Å². The second-order valence-electron chi connectivity index (χ2n) is 5.41. The molecule has 2 aromatic carbocycles. The Labute approximate surface area is 145 Å². The minimum Gasteiger partial charge on any atom is -0.427 e. The number of aromatic nitrogens is 2. The number of hydrogen-bond acceptors (Lipinski definition) is 6. The number of benzene rings is 2. The molecule has 2 aromatic heterocycles. The predicted molar refractivity (Wildman–Crippen MR) is 94.0 cm³/mol. The second kappa shape index (κ2) is 5.67. The summed E-state index contributed by atoms with van der Waals surface area (Å²) < 4.78 is 8.08. The van der Waals surface area contributed by atoms with Crippen LogP contribution in [0.25, 0.3) is 26.4 Å². The Morgan fingerprint density at radius 2 is 2.00 bits per heavy atom. The molecule has 0 atom stereocenters. The van der Waals surface area contributed by atoms with E-state index in [0.29, 0.717) is 5.75 Å². The van der Waals surface area contributed by atoms with Gasteiger partial charge in [0.05, 0.1) is 20.8 Å². The smallest absolute Gasteiger partial charge is 0.308 e. The maximum Gasteiger partial charge on any atom is 0.308 e. The van der Waals surface area contributed by atoms with Gasteiger partial charge in [-0.3, -0.25) is 19.3 Å². The number of carbonyl (C=O) groups is 1. The van der Waals surface area contributed by atoms with Gasteiger partial charge in [-0.2, -0.15) is 0 Å². The molecular weight excluding hydrogens is 342 g/mol. The molecule has 0 radical (unpaired) electrons. The van der Waals surface area contributed by atoms with Crippen molar-refractivity contribution < 1.29 is 14.5 Å². The van der Waals surface area contributed by atoms with Gasteiger partial charge < -0.3 is 4.74 Å². The first-order valence-electron chi connectivity index (χ1n) is 7.36. The molecule has 0 saturated carbocycles. The van der Waals surface area contributed by atoms with E-state index >= 15 is 0 Å². The van der Waals surface area contributed by atoms with Gasteiger partial charge in [0.25, 0.3) is 5.69 Å². The fourth-order valence-electron chi connectivity index (χ4n) is 2.60. The Kier molecular flexibility index (Phi) is 3.47. The molecule has 124 valence electrons. The van der Waals surface area contributed by atoms with Gasteiger partial charge in [-0.1, -0.05) is 11.3 Å². The van der Waals surface area contributed by atoms with Gasteiger partial charge >= 0.3 is 5.97 Å². The highest BCUT2D eigenvalue weighted by Gasteiger charge is 2.13. The average Bonchev–Trinajstić information content (AvgIpc) is 3.12. The third kappa shape index (κ3) is 2.72. The summed E-state index contributed by atoms with van der Waals surface area (Å²) in [6.07, 6.45) is 1.87. The van der Waals surface area contributed by atoms with Gasteiger partial charge in [-0.25, -0.2) is 4.98 Å². The summed E-state index contributed by atoms with van der Waals surface area (Å²) in [6, 6.07) is 11.7. The maximum absolute atomic E-state index is 11.1. The third-order valence-electron chi connectivity index (χ3n) is 3.70. The largest absolute Gasteiger partial charge is 0.427 e. The number of carbonyl (C=O) groups excluding carboxylic acids is 1. The summed E-state index contributed by atoms with van der Waals surface area (Å²) in [4.78, 5) is 26.8. The number of nitro benzene ring substituents is 1. The number of imidazole rings is 1. The first-order chi connectivity index (χ1) is 12.0. The van der Waals surface area contributed by atoms with Crippen LogP contribution in [0.15, 0.2) is 48.7 Å². The minimum absolute atomic E-state index is 0.0428. The Balaban J connectivity index is 1.79. The summed E-state index contributed by atoms with van der Waals surface area (Å²) >= 11 is 1.52. The van der Waals surface area contributed by atoms with Crippen LogP contribution in [0.3, 0.4) is 0 Å². The molecule has 0 spiro atoms. The van der Waals surface area contributed by atoms with Gasteiger partial charge in [0.15, 0.2) is 4.96 Å². The van der Waals surface area contributed by atoms with Crippen LogP contribution in [0.4, 0.5) is 5.69 Å². The summed E-state index contributed by atoms with van der Waals surface area (Å²) in [5.74, 6) is 0.105. The van der Waals surface area contributed by atoms with Crippen LogP contribution < -0.4 is 4.74 Å². The zero-order valence-electron chi connectivity index (χ0n) is 13.0. The lowest BCUT2D eigenvalue weighted by atomic mass is 10.1. The van der Waals surface area contributed by atoms with E-state index in [1.807, 2.05) is 16.7 Å². The van der Waals surface area contributed by atoms with Crippen molar-refractivity contribution in [3.63, 3.8) is 0 Å². The molecule has 25 heavy (non-hydrogen) atoms. The first-order valence-corrected chi connectivity index (χ1v) is 8.18. The number of esters is 1. The van der Waals surface area contributed by atoms with E-state index in [4.69, 9.17) is 4.74 Å². The van der Waals surface area contributed by atoms with E-state index in [1.165, 1.54) is 30.4 Å². The number of nitrogens with zero attached hydrogens (tertiary/aromatic N) is 3. The molecule has 0 N–H and O–H groups in total. The van der Waals surface area contributed by atoms with E-state index in [2.05, 4.69) is 4.98 Å². The van der Waals surface area contributed by atoms with E-state index in [9.17, 15) is 14.9 Å². The molecule has 0 aliphatic rings. The number of non-ortho nitro benzene ring substituents is 1. The van der Waals surface area contributed by atoms with Crippen LogP contribution >= 0.6 is 11.3 Å². The standard InChI is InChI=1S/C17H11N3O4S/c1-10(21)24-13-6-7-16-15(8-13)19-9-14(18-17(19)25-16)11-2-4-12(5-3-11)20(22)23/h2-9H,1H3. The highest BCUT2D eigenvalue weighted by molar-refractivity contribution is 7.23. The fraction of sp³-hybridized carbons (Fsp3) is 0.0588. The molecule has 0 unspecified atom stereocenters. The van der Waals surface area contributed by atoms with Gasteiger partial charge in [-0.05, 0) is 24.3 Å². The average molecular weight is 353 g/mol. The number of thiazole rings is 1. The molecule has 4 rings (SSSR count). The van der Waals surface area contributed by atoms with E-state index in [-0.39, 0.29) is 11.7 Å². The number of hydrogen-bond donors (Lipinski definition) is 0. The molecule has 0 bridgehead atoms. The summed E-state index contributed by atoms with van der Waals surface area (Å²) in [7, 11) is 0.